The molecule has 226 valence electrons. The van der Waals surface area contributed by atoms with Crippen LogP contribution in [0.3, 0.4) is 0 Å². The zero-order valence-electron chi connectivity index (χ0n) is 26.9. The van der Waals surface area contributed by atoms with Gasteiger partial charge in [0.2, 0.25) is 0 Å². The Labute approximate surface area is 285 Å². The molecule has 3 heteroatoms. The van der Waals surface area contributed by atoms with Gasteiger partial charge in [0.15, 0.2) is 0 Å². The molecule has 6 rings (SSSR count). The molecule has 4 aromatic carbocycles. The van der Waals surface area contributed by atoms with Crippen molar-refractivity contribution < 1.29 is 45.8 Å². The van der Waals surface area contributed by atoms with Gasteiger partial charge >= 0.3 is 263 Å². The van der Waals surface area contributed by atoms with Gasteiger partial charge in [0.25, 0.3) is 0 Å². The molecule has 0 saturated carbocycles. The summed E-state index contributed by atoms with van der Waals surface area (Å²) in [6.07, 6.45) is 10.5. The molecule has 0 nitrogen and oxygen atoms in total. The van der Waals surface area contributed by atoms with E-state index in [9.17, 15) is 0 Å². The Morgan fingerprint density at radius 2 is 1.09 bits per heavy atom. The normalized spacial score (nSPS) is 13.6. The average molecular weight is 786 g/mol. The van der Waals surface area contributed by atoms with E-state index in [0.717, 1.165) is 19.3 Å². The number of rotatable bonds is 6. The molecule has 4 aromatic rings. The van der Waals surface area contributed by atoms with Gasteiger partial charge in [-0.2, -0.15) is 0 Å². The average Bonchev–Trinajstić information content (AvgIpc) is 3.60. The van der Waals surface area contributed by atoms with Gasteiger partial charge in [-0.3, -0.25) is 0 Å². The van der Waals surface area contributed by atoms with Gasteiger partial charge in [-0.25, -0.2) is 0 Å². The van der Waals surface area contributed by atoms with Crippen LogP contribution >= 0.6 is 0 Å². The first-order chi connectivity index (χ1) is 20.1. The molecular formula is C41H44Cl2Hf. The van der Waals surface area contributed by atoms with E-state index in [1.165, 1.54) is 33.4 Å². The van der Waals surface area contributed by atoms with Crippen molar-refractivity contribution in [1.29, 1.82) is 0 Å². The Kier molecular flexibility index (Phi) is 11.0. The molecule has 0 fully saturated rings. The molecule has 0 amide bonds. The van der Waals surface area contributed by atoms with Crippen LogP contribution in [-0.4, -0.2) is 3.26 Å². The van der Waals surface area contributed by atoms with Crippen LogP contribution in [0.4, 0.5) is 0 Å². The molecule has 0 heterocycles. The molecule has 0 aromatic heterocycles. The zero-order valence-corrected chi connectivity index (χ0v) is 32.0. The summed E-state index contributed by atoms with van der Waals surface area (Å²) in [5.41, 5.74) is 12.1. The number of halogens is 2. The fraction of sp³-hybridized carbons (Fsp3) is 0.293. The second-order valence-electron chi connectivity index (χ2n) is 14.2. The van der Waals surface area contributed by atoms with Crippen LogP contribution in [0.2, 0.25) is 0 Å². The van der Waals surface area contributed by atoms with Crippen LogP contribution < -0.4 is 24.8 Å². The third-order valence-corrected chi connectivity index (χ3v) is 21.2. The van der Waals surface area contributed by atoms with Crippen LogP contribution in [0.1, 0.15) is 85.0 Å². The van der Waals surface area contributed by atoms with Crippen LogP contribution in [0, 0.1) is 0 Å². The van der Waals surface area contributed by atoms with E-state index >= 15 is 0 Å². The Bertz CT molecular complexity index is 1590. The quantitative estimate of drug-likeness (QED) is 0.254. The largest absolute Gasteiger partial charge is 1.00 e. The number of fused-ring (bicyclic) bond motifs is 3. The van der Waals surface area contributed by atoms with Crippen LogP contribution in [0.5, 0.6) is 0 Å². The van der Waals surface area contributed by atoms with E-state index in [4.69, 9.17) is 0 Å². The van der Waals surface area contributed by atoms with Crippen LogP contribution in [-0.2, 0) is 44.6 Å². The van der Waals surface area contributed by atoms with E-state index in [-0.39, 0.29) is 35.6 Å². The third kappa shape index (κ3) is 7.22. The summed E-state index contributed by atoms with van der Waals surface area (Å²) in [5.74, 6) is 0. The maximum absolute atomic E-state index is 2.73. The fourth-order valence-electron chi connectivity index (χ4n) is 6.70. The van der Waals surface area contributed by atoms with Gasteiger partial charge in [0.1, 0.15) is 0 Å². The number of allylic oxidation sites excluding steroid dienone is 4. The van der Waals surface area contributed by atoms with Crippen molar-refractivity contribution in [3.05, 3.63) is 152 Å². The maximum Gasteiger partial charge on any atom is -1.00 e. The van der Waals surface area contributed by atoms with E-state index in [2.05, 4.69) is 157 Å². The van der Waals surface area contributed by atoms with E-state index in [1.807, 2.05) is 3.26 Å². The van der Waals surface area contributed by atoms with Gasteiger partial charge in [-0.15, -0.1) is 0 Å². The Hall–Kier alpha value is -2.32. The predicted molar refractivity (Wildman–Crippen MR) is 178 cm³/mol. The van der Waals surface area contributed by atoms with Crippen molar-refractivity contribution in [2.75, 3.05) is 0 Å². The second kappa shape index (κ2) is 14.0. The monoisotopic (exact) mass is 786 g/mol. The molecule has 0 atom stereocenters. The molecule has 0 spiro atoms. The second-order valence-corrected chi connectivity index (χ2v) is 24.1. The minimum absolute atomic E-state index is 0. The Morgan fingerprint density at radius 1 is 0.636 bits per heavy atom. The van der Waals surface area contributed by atoms with Gasteiger partial charge in [-0.05, 0) is 0 Å². The third-order valence-electron chi connectivity index (χ3n) is 9.06. The SMILES string of the molecule is CC(C)(C)c1ccc2c(c1)-c1cc(C(C)(C)C)ccc1[CH]2[Hf+2]([C]1=CC=CC1)=[C](Cc1ccccc1)Cc1ccccc1.[Cl-].[Cl-]. The van der Waals surface area contributed by atoms with Gasteiger partial charge < -0.3 is 24.8 Å². The summed E-state index contributed by atoms with van der Waals surface area (Å²) >= 11 is -2.73. The first kappa shape index (κ1) is 34.6. The number of hydrogen-bond acceptors (Lipinski definition) is 0. The molecule has 0 saturated heterocycles. The smallest absolute Gasteiger partial charge is 1.00 e. The molecule has 0 unspecified atom stereocenters. The van der Waals surface area contributed by atoms with E-state index < -0.39 is 21.0 Å². The number of hydrogen-bond donors (Lipinski definition) is 0. The molecule has 0 aliphatic heterocycles. The molecule has 44 heavy (non-hydrogen) atoms. The van der Waals surface area contributed by atoms with E-state index in [0.29, 0.717) is 3.67 Å². The first-order valence-electron chi connectivity index (χ1n) is 15.5. The first-order valence-corrected chi connectivity index (χ1v) is 21.2. The summed E-state index contributed by atoms with van der Waals surface area (Å²) in [4.78, 5) is 0. The standard InChI is InChI=1S/C21H25.C15H14.C5H5.2ClH.Hf/c1-20(2,3)16-9-7-14-11-15-8-10-17(21(4,5)6)13-19(15)18(14)12-16;1-3-8-14(9-4-1)12-7-13-15-10-5-2-6-11-15;1-2-4-5-3-1;;;/h7-13H,1-6H3;1-6,8-11H,12-13H2;1-3H,4H2;2*1H;/q;;;;;+2/p-2. The zero-order chi connectivity index (χ0) is 29.5. The van der Waals surface area contributed by atoms with Gasteiger partial charge in [-0.1, -0.05) is 0 Å². The fourth-order valence-corrected chi connectivity index (χ4v) is 20.2. The van der Waals surface area contributed by atoms with E-state index in [1.54, 1.807) is 14.5 Å². The molecule has 0 N–H and O–H groups in total. The summed E-state index contributed by atoms with van der Waals surface area (Å²) in [6.45, 7) is 14.1. The summed E-state index contributed by atoms with van der Waals surface area (Å²) in [5, 5.41) is 0. The Balaban J connectivity index is 0.00000221. The van der Waals surface area contributed by atoms with Crippen molar-refractivity contribution >= 4 is 3.26 Å². The minimum atomic E-state index is -2.73. The summed E-state index contributed by atoms with van der Waals surface area (Å²) < 4.78 is 4.08. The van der Waals surface area contributed by atoms with Gasteiger partial charge in [0.05, 0.1) is 0 Å². The molecule has 0 radical (unpaired) electrons. The summed E-state index contributed by atoms with van der Waals surface area (Å²) in [6, 6.07) is 37.4. The summed E-state index contributed by atoms with van der Waals surface area (Å²) in [7, 11) is 0. The Morgan fingerprint density at radius 3 is 1.48 bits per heavy atom. The van der Waals surface area contributed by atoms with Gasteiger partial charge in [0, 0.05) is 0 Å². The minimum Gasteiger partial charge on any atom is -1.00 e. The topological polar surface area (TPSA) is 0 Å². The van der Waals surface area contributed by atoms with Crippen molar-refractivity contribution in [3.63, 3.8) is 0 Å². The molecular weight excluding hydrogens is 742 g/mol. The molecule has 2 aliphatic rings. The van der Waals surface area contributed by atoms with Crippen LogP contribution in [0.15, 0.2) is 119 Å². The van der Waals surface area contributed by atoms with Crippen molar-refractivity contribution in [1.82, 2.24) is 0 Å². The van der Waals surface area contributed by atoms with Crippen molar-refractivity contribution in [2.45, 2.75) is 75.3 Å². The van der Waals surface area contributed by atoms with Crippen molar-refractivity contribution in [3.8, 4) is 11.1 Å². The maximum atomic E-state index is 2.54. The van der Waals surface area contributed by atoms with Crippen LogP contribution in [0.25, 0.3) is 11.1 Å². The predicted octanol–water partition coefficient (Wildman–Crippen LogP) is 4.48. The molecule has 2 aliphatic carbocycles. The number of benzene rings is 4. The molecule has 0 bridgehead atoms. The van der Waals surface area contributed by atoms with Crippen molar-refractivity contribution in [2.24, 2.45) is 0 Å².